The fourth-order valence-corrected chi connectivity index (χ4v) is 4.59. The third-order valence-electron chi connectivity index (χ3n) is 6.21. The largest absolute Gasteiger partial charge is 0.497 e. The summed E-state index contributed by atoms with van der Waals surface area (Å²) < 4.78 is 12.3. The monoisotopic (exact) mass is 447 g/mol. The maximum atomic E-state index is 13.1. The molecule has 2 N–H and O–H groups in total. The number of hydrogen-bond donors (Lipinski definition) is 2. The average molecular weight is 447 g/mol. The van der Waals surface area contributed by atoms with Crippen LogP contribution in [0.25, 0.3) is 11.3 Å². The molecule has 3 heterocycles. The van der Waals surface area contributed by atoms with Gasteiger partial charge in [-0.15, -0.1) is 0 Å². The van der Waals surface area contributed by atoms with E-state index in [2.05, 4.69) is 20.6 Å². The van der Waals surface area contributed by atoms with Crippen LogP contribution in [0.2, 0.25) is 0 Å². The normalized spacial score (nSPS) is 18.9. The summed E-state index contributed by atoms with van der Waals surface area (Å²) in [5.74, 6) is 1.02. The average Bonchev–Trinajstić information content (AvgIpc) is 3.43. The number of nitrogens with zero attached hydrogens (tertiary/aromatic N) is 3. The Labute approximate surface area is 191 Å². The van der Waals surface area contributed by atoms with Crippen molar-refractivity contribution in [3.63, 3.8) is 0 Å². The van der Waals surface area contributed by atoms with E-state index in [9.17, 15) is 9.59 Å². The molecule has 170 valence electrons. The molecule has 0 radical (unpaired) electrons. The Morgan fingerprint density at radius 3 is 2.76 bits per heavy atom. The number of benzene rings is 2. The lowest BCUT2D eigenvalue weighted by atomic mass is 10.1. The maximum Gasteiger partial charge on any atom is 0.269 e. The number of para-hydroxylation sites is 2. The van der Waals surface area contributed by atoms with Crippen molar-refractivity contribution >= 4 is 23.2 Å². The summed E-state index contributed by atoms with van der Waals surface area (Å²) in [4.78, 5) is 27.8. The van der Waals surface area contributed by atoms with Crippen molar-refractivity contribution in [3.05, 3.63) is 54.2 Å². The summed E-state index contributed by atoms with van der Waals surface area (Å²) in [6.07, 6.45) is 0.542. The predicted octanol–water partition coefficient (Wildman–Crippen LogP) is 2.43. The Bertz CT molecular complexity index is 1240. The zero-order chi connectivity index (χ0) is 23.1. The number of aromatic nitrogens is 2. The van der Waals surface area contributed by atoms with Crippen LogP contribution in [0.3, 0.4) is 0 Å². The van der Waals surface area contributed by atoms with Crippen LogP contribution in [0, 0.1) is 0 Å². The first-order valence-corrected chi connectivity index (χ1v) is 10.7. The second-order valence-corrected chi connectivity index (χ2v) is 8.19. The van der Waals surface area contributed by atoms with Crippen molar-refractivity contribution in [1.29, 1.82) is 0 Å². The van der Waals surface area contributed by atoms with Gasteiger partial charge in [0.25, 0.3) is 5.91 Å². The summed E-state index contributed by atoms with van der Waals surface area (Å²) in [6.45, 7) is 0.565. The van der Waals surface area contributed by atoms with Crippen LogP contribution >= 0.6 is 0 Å². The van der Waals surface area contributed by atoms with Gasteiger partial charge in [-0.2, -0.15) is 5.10 Å². The maximum absolute atomic E-state index is 13.1. The van der Waals surface area contributed by atoms with E-state index in [-0.39, 0.29) is 23.9 Å². The first kappa shape index (κ1) is 20.9. The first-order chi connectivity index (χ1) is 16.0. The van der Waals surface area contributed by atoms with Crippen molar-refractivity contribution in [2.45, 2.75) is 18.5 Å². The summed E-state index contributed by atoms with van der Waals surface area (Å²) in [5.41, 5.74) is 3.54. The molecule has 1 saturated heterocycles. The van der Waals surface area contributed by atoms with E-state index in [0.717, 1.165) is 16.9 Å². The van der Waals surface area contributed by atoms with Crippen molar-refractivity contribution in [3.8, 4) is 22.8 Å². The highest BCUT2D eigenvalue weighted by Crippen LogP contribution is 2.37. The fourth-order valence-electron chi connectivity index (χ4n) is 4.59. The molecule has 2 aliphatic rings. The van der Waals surface area contributed by atoms with E-state index in [1.165, 1.54) is 0 Å². The molecule has 0 bridgehead atoms. The molecule has 0 aliphatic carbocycles. The Morgan fingerprint density at radius 2 is 1.97 bits per heavy atom. The van der Waals surface area contributed by atoms with Gasteiger partial charge in [-0.1, -0.05) is 12.1 Å². The third-order valence-corrected chi connectivity index (χ3v) is 6.21. The molecule has 1 aromatic heterocycles. The molecule has 0 spiro atoms. The number of hydrogen-bond acceptors (Lipinski definition) is 6. The number of aryl methyl sites for hydroxylation is 1. The van der Waals surface area contributed by atoms with E-state index < -0.39 is 0 Å². The van der Waals surface area contributed by atoms with Gasteiger partial charge >= 0.3 is 0 Å². The lowest BCUT2D eigenvalue weighted by Gasteiger charge is -2.32. The van der Waals surface area contributed by atoms with Gasteiger partial charge in [0.2, 0.25) is 5.91 Å². The molecule has 2 aliphatic heterocycles. The predicted molar refractivity (Wildman–Crippen MR) is 124 cm³/mol. The number of ether oxygens (including phenoxy) is 2. The zero-order valence-electron chi connectivity index (χ0n) is 18.7. The highest BCUT2D eigenvalue weighted by molar-refractivity contribution is 6.04. The number of anilines is 2. The Balaban J connectivity index is 1.36. The first-order valence-electron chi connectivity index (χ1n) is 10.7. The summed E-state index contributed by atoms with van der Waals surface area (Å²) in [7, 11) is 4.91. The molecule has 0 saturated carbocycles. The minimum atomic E-state index is -0.298. The molecule has 9 heteroatoms. The van der Waals surface area contributed by atoms with Gasteiger partial charge in [0.1, 0.15) is 23.2 Å². The van der Waals surface area contributed by atoms with Gasteiger partial charge < -0.3 is 25.0 Å². The number of rotatable bonds is 5. The minimum Gasteiger partial charge on any atom is -0.497 e. The van der Waals surface area contributed by atoms with Crippen molar-refractivity contribution < 1.29 is 19.1 Å². The quantitative estimate of drug-likeness (QED) is 0.624. The summed E-state index contributed by atoms with van der Waals surface area (Å²) in [6, 6.07) is 14.4. The molecular formula is C24H25N5O4. The van der Waals surface area contributed by atoms with Gasteiger partial charge in [-0.3, -0.25) is 14.3 Å². The number of carbonyl (C=O) groups is 2. The van der Waals surface area contributed by atoms with Gasteiger partial charge in [0.15, 0.2) is 0 Å². The van der Waals surface area contributed by atoms with Crippen molar-refractivity contribution in [2.75, 3.05) is 31.0 Å². The highest BCUT2D eigenvalue weighted by Gasteiger charge is 2.41. The Kier molecular flexibility index (Phi) is 5.16. The lowest BCUT2D eigenvalue weighted by Crippen LogP contribution is -2.44. The minimum absolute atomic E-state index is 0.0432. The van der Waals surface area contributed by atoms with Crippen molar-refractivity contribution in [2.24, 2.45) is 7.05 Å². The number of methoxy groups -OCH3 is 2. The van der Waals surface area contributed by atoms with Crippen LogP contribution in [0.1, 0.15) is 16.9 Å². The van der Waals surface area contributed by atoms with Crippen LogP contribution in [0.15, 0.2) is 48.5 Å². The van der Waals surface area contributed by atoms with Crippen LogP contribution in [0.5, 0.6) is 11.5 Å². The zero-order valence-corrected chi connectivity index (χ0v) is 18.7. The smallest absolute Gasteiger partial charge is 0.269 e. The molecule has 2 aromatic carbocycles. The van der Waals surface area contributed by atoms with Gasteiger partial charge in [-0.05, 0) is 42.8 Å². The molecule has 2 atom stereocenters. The molecule has 1 fully saturated rings. The van der Waals surface area contributed by atoms with Crippen LogP contribution in [-0.2, 0) is 11.8 Å². The number of amides is 2. The molecule has 0 unspecified atom stereocenters. The third kappa shape index (κ3) is 3.65. The standard InChI is InChI=1S/C24H25N5O4/c1-28-20(12-18(27-28)16-11-15(32-2)8-9-22(16)33-3)23(30)25-14-10-21-24(31)26-17-6-4-5-7-19(17)29(21)13-14/h4-9,11-12,14,21H,10,13H2,1-3H3,(H,25,30)(H,26,31)/t14-,21+/m1/s1. The fraction of sp³-hybridized carbons (Fsp3) is 0.292. The molecule has 5 rings (SSSR count). The van der Waals surface area contributed by atoms with E-state index in [0.29, 0.717) is 35.9 Å². The highest BCUT2D eigenvalue weighted by atomic mass is 16.5. The number of nitrogens with one attached hydrogen (secondary N) is 2. The van der Waals surface area contributed by atoms with Gasteiger partial charge in [-0.25, -0.2) is 0 Å². The molecule has 9 nitrogen and oxygen atoms in total. The van der Waals surface area contributed by atoms with E-state index >= 15 is 0 Å². The molecule has 2 amide bonds. The van der Waals surface area contributed by atoms with Crippen molar-refractivity contribution in [1.82, 2.24) is 15.1 Å². The second-order valence-electron chi connectivity index (χ2n) is 8.19. The van der Waals surface area contributed by atoms with Gasteiger partial charge in [0, 0.05) is 25.2 Å². The van der Waals surface area contributed by atoms with Crippen LogP contribution < -0.4 is 25.0 Å². The summed E-state index contributed by atoms with van der Waals surface area (Å²) in [5, 5.41) is 10.6. The van der Waals surface area contributed by atoms with E-state index in [1.807, 2.05) is 36.4 Å². The number of fused-ring (bicyclic) bond motifs is 3. The van der Waals surface area contributed by atoms with Crippen LogP contribution in [0.4, 0.5) is 11.4 Å². The second kappa shape index (κ2) is 8.16. The Hall–Kier alpha value is -4.01. The lowest BCUT2D eigenvalue weighted by molar-refractivity contribution is -0.117. The number of carbonyl (C=O) groups excluding carboxylic acids is 2. The van der Waals surface area contributed by atoms with Gasteiger partial charge in [0.05, 0.1) is 31.3 Å². The van der Waals surface area contributed by atoms with Crippen LogP contribution in [-0.4, -0.2) is 54.4 Å². The van der Waals surface area contributed by atoms with E-state index in [1.54, 1.807) is 38.1 Å². The Morgan fingerprint density at radius 1 is 1.15 bits per heavy atom. The topological polar surface area (TPSA) is 97.7 Å². The summed E-state index contributed by atoms with van der Waals surface area (Å²) >= 11 is 0. The van der Waals surface area contributed by atoms with E-state index in [4.69, 9.17) is 9.47 Å². The molecule has 33 heavy (non-hydrogen) atoms. The molecular weight excluding hydrogens is 422 g/mol. The molecule has 3 aromatic rings. The SMILES string of the molecule is COc1ccc(OC)c(-c2cc(C(=O)N[C@@H]3C[C@H]4C(=O)Nc5ccccc5N4C3)n(C)n2)c1.